The summed E-state index contributed by atoms with van der Waals surface area (Å²) < 4.78 is 13.6. The molecule has 2 rings (SSSR count). The minimum atomic E-state index is -0.340. The quantitative estimate of drug-likeness (QED) is 0.780. The molecule has 1 N–H and O–H groups in total. The summed E-state index contributed by atoms with van der Waals surface area (Å²) in [5.74, 6) is -0.413. The van der Waals surface area contributed by atoms with E-state index in [9.17, 15) is 9.18 Å². The van der Waals surface area contributed by atoms with Crippen molar-refractivity contribution < 1.29 is 9.18 Å². The molecule has 1 aromatic rings. The third kappa shape index (κ3) is 1.93. The first-order valence-electron chi connectivity index (χ1n) is 5.40. The average molecular weight is 222 g/mol. The highest BCUT2D eigenvalue weighted by molar-refractivity contribution is 5.97. The lowest BCUT2D eigenvalue weighted by atomic mass is 10.1. The van der Waals surface area contributed by atoms with E-state index in [0.29, 0.717) is 18.8 Å². The van der Waals surface area contributed by atoms with Crippen LogP contribution < -0.4 is 10.2 Å². The number of amides is 1. The van der Waals surface area contributed by atoms with E-state index < -0.39 is 0 Å². The molecule has 1 heterocycles. The van der Waals surface area contributed by atoms with Crippen LogP contribution in [0, 0.1) is 12.7 Å². The highest BCUT2D eigenvalue weighted by Crippen LogP contribution is 2.22. The van der Waals surface area contributed by atoms with Crippen molar-refractivity contribution in [1.82, 2.24) is 5.32 Å². The zero-order valence-electron chi connectivity index (χ0n) is 9.46. The Bertz CT molecular complexity index is 419. The fourth-order valence-corrected chi connectivity index (χ4v) is 1.89. The van der Waals surface area contributed by atoms with Gasteiger partial charge in [0.2, 0.25) is 5.91 Å². The Hall–Kier alpha value is -1.42. The number of carbonyl (C=O) groups excluding carboxylic acids is 1. The third-order valence-corrected chi connectivity index (χ3v) is 2.81. The molecule has 0 aromatic heterocycles. The molecule has 1 unspecified atom stereocenters. The first-order valence-corrected chi connectivity index (χ1v) is 5.40. The Labute approximate surface area is 94.3 Å². The van der Waals surface area contributed by atoms with E-state index >= 15 is 0 Å². The van der Waals surface area contributed by atoms with E-state index in [1.165, 1.54) is 11.0 Å². The van der Waals surface area contributed by atoms with Gasteiger partial charge in [-0.25, -0.2) is 4.39 Å². The first kappa shape index (κ1) is 11.1. The molecule has 0 saturated carbocycles. The van der Waals surface area contributed by atoms with Gasteiger partial charge in [-0.3, -0.25) is 4.79 Å². The van der Waals surface area contributed by atoms with E-state index in [-0.39, 0.29) is 17.8 Å². The molecule has 1 aromatic carbocycles. The SMILES string of the molecule is Cc1ccc(F)c(N2CCNC(C)C2=O)c1. The second-order valence-electron chi connectivity index (χ2n) is 4.12. The maximum Gasteiger partial charge on any atom is 0.243 e. The first-order chi connectivity index (χ1) is 7.59. The smallest absolute Gasteiger partial charge is 0.243 e. The van der Waals surface area contributed by atoms with Crippen LogP contribution in [0.5, 0.6) is 0 Å². The summed E-state index contributed by atoms with van der Waals surface area (Å²) in [5, 5.41) is 3.05. The van der Waals surface area contributed by atoms with Crippen molar-refractivity contribution in [2.75, 3.05) is 18.0 Å². The summed E-state index contributed by atoms with van der Waals surface area (Å²) in [6, 6.07) is 4.58. The van der Waals surface area contributed by atoms with Gasteiger partial charge in [0.25, 0.3) is 0 Å². The number of nitrogens with zero attached hydrogens (tertiary/aromatic N) is 1. The molecular formula is C12H15FN2O. The topological polar surface area (TPSA) is 32.3 Å². The Morgan fingerprint density at radius 1 is 1.50 bits per heavy atom. The number of anilines is 1. The Kier molecular flexibility index (Phi) is 2.92. The van der Waals surface area contributed by atoms with Crippen molar-refractivity contribution >= 4 is 11.6 Å². The number of carbonyl (C=O) groups is 1. The highest BCUT2D eigenvalue weighted by atomic mass is 19.1. The summed E-state index contributed by atoms with van der Waals surface area (Å²) in [7, 11) is 0. The van der Waals surface area contributed by atoms with Gasteiger partial charge in [0.05, 0.1) is 11.7 Å². The molecule has 0 spiro atoms. The molecule has 3 nitrogen and oxygen atoms in total. The van der Waals surface area contributed by atoms with Gasteiger partial charge in [-0.05, 0) is 31.5 Å². The van der Waals surface area contributed by atoms with Crippen LogP contribution in [-0.2, 0) is 4.79 Å². The molecule has 1 aliphatic rings. The van der Waals surface area contributed by atoms with E-state index in [2.05, 4.69) is 5.32 Å². The molecule has 0 aliphatic carbocycles. The second kappa shape index (κ2) is 4.22. The van der Waals surface area contributed by atoms with Crippen LogP contribution >= 0.6 is 0 Å². The number of piperazine rings is 1. The van der Waals surface area contributed by atoms with Crippen LogP contribution in [0.1, 0.15) is 12.5 Å². The number of benzene rings is 1. The average Bonchev–Trinajstić information content (AvgIpc) is 2.26. The molecule has 0 bridgehead atoms. The van der Waals surface area contributed by atoms with E-state index in [0.717, 1.165) is 5.56 Å². The predicted molar refractivity (Wildman–Crippen MR) is 61.0 cm³/mol. The minimum Gasteiger partial charge on any atom is -0.307 e. The van der Waals surface area contributed by atoms with E-state index in [1.807, 2.05) is 6.92 Å². The maximum absolute atomic E-state index is 13.6. The molecule has 86 valence electrons. The van der Waals surface area contributed by atoms with Gasteiger partial charge in [0, 0.05) is 13.1 Å². The standard InChI is InChI=1S/C12H15FN2O/c1-8-3-4-10(13)11(7-8)15-6-5-14-9(2)12(15)16/h3-4,7,9,14H,5-6H2,1-2H3. The summed E-state index contributed by atoms with van der Waals surface area (Å²) in [6.07, 6.45) is 0. The van der Waals surface area contributed by atoms with Crippen molar-refractivity contribution in [3.63, 3.8) is 0 Å². The number of aryl methyl sites for hydroxylation is 1. The molecule has 0 radical (unpaired) electrons. The fraction of sp³-hybridized carbons (Fsp3) is 0.417. The van der Waals surface area contributed by atoms with Gasteiger partial charge in [-0.2, -0.15) is 0 Å². The number of rotatable bonds is 1. The van der Waals surface area contributed by atoms with Gasteiger partial charge < -0.3 is 10.2 Å². The normalized spacial score (nSPS) is 21.3. The van der Waals surface area contributed by atoms with Crippen LogP contribution in [-0.4, -0.2) is 25.0 Å². The molecule has 1 saturated heterocycles. The lowest BCUT2D eigenvalue weighted by Crippen LogP contribution is -2.54. The molecule has 1 amide bonds. The highest BCUT2D eigenvalue weighted by Gasteiger charge is 2.27. The summed E-state index contributed by atoms with van der Waals surface area (Å²) >= 11 is 0. The number of hydrogen-bond acceptors (Lipinski definition) is 2. The third-order valence-electron chi connectivity index (χ3n) is 2.81. The lowest BCUT2D eigenvalue weighted by molar-refractivity contribution is -0.121. The Morgan fingerprint density at radius 2 is 2.25 bits per heavy atom. The van der Waals surface area contributed by atoms with Crippen molar-refractivity contribution in [1.29, 1.82) is 0 Å². The van der Waals surface area contributed by atoms with Gasteiger partial charge >= 0.3 is 0 Å². The molecule has 16 heavy (non-hydrogen) atoms. The fourth-order valence-electron chi connectivity index (χ4n) is 1.89. The van der Waals surface area contributed by atoms with Crippen LogP contribution in [0.3, 0.4) is 0 Å². The number of hydrogen-bond donors (Lipinski definition) is 1. The molecule has 1 aliphatic heterocycles. The van der Waals surface area contributed by atoms with Crippen molar-refractivity contribution in [2.45, 2.75) is 19.9 Å². The zero-order valence-corrected chi connectivity index (χ0v) is 9.46. The largest absolute Gasteiger partial charge is 0.307 e. The van der Waals surface area contributed by atoms with Gasteiger partial charge in [-0.1, -0.05) is 6.07 Å². The molecular weight excluding hydrogens is 207 g/mol. The molecule has 1 atom stereocenters. The summed E-state index contributed by atoms with van der Waals surface area (Å²) in [5.41, 5.74) is 1.34. The van der Waals surface area contributed by atoms with Gasteiger partial charge in [0.1, 0.15) is 5.82 Å². The minimum absolute atomic E-state index is 0.0734. The predicted octanol–water partition coefficient (Wildman–Crippen LogP) is 1.46. The van der Waals surface area contributed by atoms with E-state index in [1.54, 1.807) is 19.1 Å². The van der Waals surface area contributed by atoms with Crippen molar-refractivity contribution in [2.24, 2.45) is 0 Å². The number of nitrogens with one attached hydrogen (secondary N) is 1. The Morgan fingerprint density at radius 3 is 3.00 bits per heavy atom. The second-order valence-corrected chi connectivity index (χ2v) is 4.12. The maximum atomic E-state index is 13.6. The summed E-state index contributed by atoms with van der Waals surface area (Å²) in [4.78, 5) is 13.4. The zero-order chi connectivity index (χ0) is 11.7. The lowest BCUT2D eigenvalue weighted by Gasteiger charge is -2.31. The van der Waals surface area contributed by atoms with Crippen molar-refractivity contribution in [3.05, 3.63) is 29.6 Å². The summed E-state index contributed by atoms with van der Waals surface area (Å²) in [6.45, 7) is 4.89. The van der Waals surface area contributed by atoms with E-state index in [4.69, 9.17) is 0 Å². The van der Waals surface area contributed by atoms with Crippen LogP contribution in [0.2, 0.25) is 0 Å². The van der Waals surface area contributed by atoms with Crippen LogP contribution in [0.25, 0.3) is 0 Å². The van der Waals surface area contributed by atoms with Crippen LogP contribution in [0.15, 0.2) is 18.2 Å². The van der Waals surface area contributed by atoms with Gasteiger partial charge in [-0.15, -0.1) is 0 Å². The number of halogens is 1. The monoisotopic (exact) mass is 222 g/mol. The van der Waals surface area contributed by atoms with Gasteiger partial charge in [0.15, 0.2) is 0 Å². The van der Waals surface area contributed by atoms with Crippen molar-refractivity contribution in [3.8, 4) is 0 Å². The molecule has 4 heteroatoms. The van der Waals surface area contributed by atoms with Crippen LogP contribution in [0.4, 0.5) is 10.1 Å². The Balaban J connectivity index is 2.35. The molecule has 1 fully saturated rings.